The molecule has 1 aliphatic heterocycles. The first-order chi connectivity index (χ1) is 23.3. The van der Waals surface area contributed by atoms with Gasteiger partial charge in [-0.25, -0.2) is 0 Å². The summed E-state index contributed by atoms with van der Waals surface area (Å²) in [5, 5.41) is 17.3. The number of ketones is 1. The van der Waals surface area contributed by atoms with Gasteiger partial charge in [0, 0.05) is 17.0 Å². The molecule has 0 saturated carbocycles. The molecule has 1 heterocycles. The highest BCUT2D eigenvalue weighted by Gasteiger charge is 2.47. The Hall–Kier alpha value is -3.67. The van der Waals surface area contributed by atoms with Crippen molar-refractivity contribution in [3.8, 4) is 5.75 Å². The van der Waals surface area contributed by atoms with Crippen molar-refractivity contribution in [3.63, 3.8) is 0 Å². The number of phenolic OH excluding ortho intramolecular Hbond substituents is 1. The van der Waals surface area contributed by atoms with Gasteiger partial charge in [0.2, 0.25) is 11.0 Å². The van der Waals surface area contributed by atoms with E-state index in [1.807, 2.05) is 37.3 Å². The zero-order chi connectivity index (χ0) is 35.8. The van der Waals surface area contributed by atoms with E-state index in [2.05, 4.69) is 22.9 Å². The van der Waals surface area contributed by atoms with Crippen LogP contribution < -0.4 is 22.1 Å². The van der Waals surface area contributed by atoms with Gasteiger partial charge in [-0.1, -0.05) is 69.2 Å². The summed E-state index contributed by atoms with van der Waals surface area (Å²) >= 11 is 2.24. The summed E-state index contributed by atoms with van der Waals surface area (Å²) < 4.78 is 37.2. The number of unbranched alkanes of at least 4 members (excludes halogenated alkanes) is 1. The van der Waals surface area contributed by atoms with Crippen LogP contribution in [0, 0.1) is 0 Å². The number of ether oxygens (including phenoxy) is 1. The van der Waals surface area contributed by atoms with E-state index in [1.165, 1.54) is 36.0 Å². The number of hydrogen-bond donors (Lipinski definition) is 6. The predicted molar refractivity (Wildman–Crippen MR) is 194 cm³/mol. The van der Waals surface area contributed by atoms with E-state index < -0.39 is 63.7 Å². The van der Waals surface area contributed by atoms with E-state index in [-0.39, 0.29) is 34.1 Å². The number of thioether (sulfide) groups is 2. The molecule has 2 aliphatic rings. The second-order valence-electron chi connectivity index (χ2n) is 11.7. The predicted octanol–water partition coefficient (Wildman–Crippen LogP) is 4.13. The van der Waals surface area contributed by atoms with Crippen molar-refractivity contribution in [2.24, 2.45) is 0 Å². The lowest BCUT2D eigenvalue weighted by Crippen LogP contribution is -2.52. The summed E-state index contributed by atoms with van der Waals surface area (Å²) in [6.07, 6.45) is 6.26. The Morgan fingerprint density at radius 3 is 2.38 bits per heavy atom. The minimum Gasteiger partial charge on any atom is -0.508 e. The monoisotopic (exact) mass is 748 g/mol. The molecule has 2 amide bonds. The van der Waals surface area contributed by atoms with Crippen molar-refractivity contribution in [3.05, 3.63) is 88.0 Å². The van der Waals surface area contributed by atoms with Crippen LogP contribution in [0.3, 0.4) is 0 Å². The normalized spacial score (nSPS) is 21.2. The Kier molecular flexibility index (Phi) is 14.7. The number of Topliss-reactive ketones (excluding diaryl/α,β-unsaturated/α-hetero) is 1. The van der Waals surface area contributed by atoms with Crippen molar-refractivity contribution in [2.75, 3.05) is 25.2 Å². The Bertz CT molecular complexity index is 1720. The summed E-state index contributed by atoms with van der Waals surface area (Å²) in [4.78, 5) is 54.8. The van der Waals surface area contributed by atoms with Crippen LogP contribution in [0.25, 0.3) is 0 Å². The van der Waals surface area contributed by atoms with E-state index in [0.29, 0.717) is 23.3 Å². The second kappa shape index (κ2) is 18.0. The number of carbonyl (C=O) groups excluding carboxylic acids is 4. The van der Waals surface area contributed by atoms with E-state index in [1.54, 1.807) is 12.3 Å². The van der Waals surface area contributed by atoms with Gasteiger partial charge >= 0.3 is 0 Å². The Labute approximate surface area is 300 Å². The van der Waals surface area contributed by atoms with Gasteiger partial charge < -0.3 is 26.6 Å². The van der Waals surface area contributed by atoms with E-state index in [9.17, 15) is 32.7 Å². The third-order valence-corrected chi connectivity index (χ3v) is 11.1. The minimum absolute atomic E-state index is 0. The van der Waals surface area contributed by atoms with Crippen molar-refractivity contribution in [1.82, 2.24) is 22.1 Å². The molecule has 0 aromatic heterocycles. The van der Waals surface area contributed by atoms with Gasteiger partial charge in [-0.15, -0.1) is 11.8 Å². The molecule has 0 fully saturated rings. The highest BCUT2D eigenvalue weighted by atomic mass is 32.2. The van der Waals surface area contributed by atoms with Gasteiger partial charge in [-0.2, -0.15) is 8.42 Å². The van der Waals surface area contributed by atoms with Gasteiger partial charge in [0.1, 0.15) is 22.8 Å². The average Bonchev–Trinajstić information content (AvgIpc) is 3.19. The minimum atomic E-state index is -4.34. The molecule has 8 N–H and O–H groups in total. The van der Waals surface area contributed by atoms with E-state index in [4.69, 9.17) is 9.29 Å². The Balaban J connectivity index is 0.00000676. The molecular weight excluding hydrogens is 705 g/mol. The number of allylic oxidation sites excluding steroid dienone is 1. The van der Waals surface area contributed by atoms with Gasteiger partial charge in [0.05, 0.1) is 17.3 Å². The van der Waals surface area contributed by atoms with Crippen LogP contribution in [0.4, 0.5) is 0 Å². The number of amides is 2. The highest BCUT2D eigenvalue weighted by molar-refractivity contribution is 8.17. The van der Waals surface area contributed by atoms with Crippen LogP contribution in [-0.4, -0.2) is 76.7 Å². The fourth-order valence-corrected chi connectivity index (χ4v) is 7.96. The Morgan fingerprint density at radius 1 is 1.10 bits per heavy atom. The largest absolute Gasteiger partial charge is 0.508 e. The van der Waals surface area contributed by atoms with Crippen molar-refractivity contribution in [1.29, 1.82) is 0 Å². The van der Waals surface area contributed by atoms with Crippen LogP contribution in [0.2, 0.25) is 0 Å². The average molecular weight is 749 g/mol. The van der Waals surface area contributed by atoms with Crippen LogP contribution >= 0.6 is 23.5 Å². The van der Waals surface area contributed by atoms with Crippen LogP contribution in [-0.2, 0) is 34.0 Å². The number of hydrogen-bond acceptors (Lipinski definition) is 12. The fraction of sp³-hybridized carbons (Fsp3) is 0.412. The molecule has 50 heavy (non-hydrogen) atoms. The summed E-state index contributed by atoms with van der Waals surface area (Å²) in [5.74, 6) is -2.35. The molecule has 2 aromatic rings. The van der Waals surface area contributed by atoms with Crippen molar-refractivity contribution < 1.29 is 42.0 Å². The van der Waals surface area contributed by atoms with E-state index >= 15 is 0 Å². The number of aromatic hydroxyl groups is 1. The van der Waals surface area contributed by atoms with Crippen LogP contribution in [0.1, 0.15) is 62.7 Å². The molecule has 2 aromatic carbocycles. The van der Waals surface area contributed by atoms with Gasteiger partial charge in [-0.3, -0.25) is 29.0 Å². The van der Waals surface area contributed by atoms with Gasteiger partial charge in [-0.05, 0) is 60.2 Å². The van der Waals surface area contributed by atoms with Crippen molar-refractivity contribution in [2.45, 2.75) is 62.4 Å². The highest BCUT2D eigenvalue weighted by Crippen LogP contribution is 2.46. The number of phenols is 1. The molecule has 16 heteroatoms. The molecule has 0 spiro atoms. The lowest BCUT2D eigenvalue weighted by atomic mass is 9.85. The number of rotatable bonds is 15. The SMILES string of the molecule is CCCCC1(CC)NC(c2ccccc2)C2=C(C=C(OCC(=O)N[C@@H](C(=O)NCCS(=O)(=O)O)c3ccc(O)cc3)C(SC)C2=O)SC1=O.N. The molecule has 0 bridgehead atoms. The third kappa shape index (κ3) is 9.98. The van der Waals surface area contributed by atoms with Crippen LogP contribution in [0.15, 0.2) is 76.9 Å². The topological polar surface area (TPSA) is 223 Å². The molecule has 272 valence electrons. The zero-order valence-corrected chi connectivity index (χ0v) is 30.6. The lowest BCUT2D eigenvalue weighted by molar-refractivity contribution is -0.131. The van der Waals surface area contributed by atoms with Gasteiger partial charge in [0.15, 0.2) is 12.4 Å². The van der Waals surface area contributed by atoms with Crippen LogP contribution in [0.5, 0.6) is 5.75 Å². The maximum atomic E-state index is 14.3. The Morgan fingerprint density at radius 2 is 1.78 bits per heavy atom. The first kappa shape index (κ1) is 40.8. The molecule has 0 radical (unpaired) electrons. The first-order valence-electron chi connectivity index (χ1n) is 15.8. The molecule has 4 rings (SSSR count). The van der Waals surface area contributed by atoms with E-state index in [0.717, 1.165) is 30.2 Å². The molecular formula is C34H44N4O9S3. The maximum absolute atomic E-state index is 14.3. The second-order valence-corrected chi connectivity index (χ2v) is 15.2. The fourth-order valence-electron chi connectivity index (χ4n) is 5.68. The lowest BCUT2D eigenvalue weighted by Gasteiger charge is -2.35. The summed E-state index contributed by atoms with van der Waals surface area (Å²) in [6.45, 7) is 3.03. The molecule has 3 unspecified atom stereocenters. The quantitative estimate of drug-likeness (QED) is 0.141. The third-order valence-electron chi connectivity index (χ3n) is 8.36. The summed E-state index contributed by atoms with van der Waals surface area (Å²) in [5.41, 5.74) is 0.726. The standard InChI is InChI=1S/C34H41N3O9S3.H3N/c1-4-6-16-34(5-2)33(42)48-25-19-24(31(47-3)30(40)27(25)28(37-34)21-10-8-7-9-11-21)46-20-26(39)36-29(22-12-14-23(38)15-13-22)32(41)35-17-18-49(43,44)45;/h7-15,19,28-29,31,37-38H,4-6,16-18,20H2,1-3H3,(H,35,41)(H,36,39)(H,43,44,45);1H3/t28?,29-,31?,34?;/m1./s1. The van der Waals surface area contributed by atoms with Gasteiger partial charge in [0.25, 0.3) is 16.0 Å². The smallest absolute Gasteiger partial charge is 0.266 e. The number of carbonyl (C=O) groups is 4. The first-order valence-corrected chi connectivity index (χ1v) is 19.6. The molecule has 0 saturated heterocycles. The molecule has 4 atom stereocenters. The zero-order valence-electron chi connectivity index (χ0n) is 28.1. The van der Waals surface area contributed by atoms with Crippen molar-refractivity contribution >= 4 is 56.4 Å². The molecule has 13 nitrogen and oxygen atoms in total. The number of benzene rings is 2. The maximum Gasteiger partial charge on any atom is 0.266 e. The summed E-state index contributed by atoms with van der Waals surface area (Å²) in [6, 6.07) is 13.1. The summed E-state index contributed by atoms with van der Waals surface area (Å²) in [7, 11) is -4.34. The number of nitrogens with one attached hydrogen (secondary N) is 3. The molecule has 1 aliphatic carbocycles.